The molecule has 4 heteroatoms. The van der Waals surface area contributed by atoms with Gasteiger partial charge in [-0.25, -0.2) is 0 Å². The maximum absolute atomic E-state index is 12.3. The van der Waals surface area contributed by atoms with Crippen molar-refractivity contribution in [1.29, 1.82) is 0 Å². The second-order valence-corrected chi connectivity index (χ2v) is 8.07. The molecule has 2 aromatic rings. The van der Waals surface area contributed by atoms with E-state index < -0.39 is 0 Å². The van der Waals surface area contributed by atoms with Gasteiger partial charge in [0.25, 0.3) is 0 Å². The van der Waals surface area contributed by atoms with Crippen LogP contribution in [0.4, 0.5) is 5.69 Å². The van der Waals surface area contributed by atoms with Crippen molar-refractivity contribution in [2.24, 2.45) is 11.8 Å². The van der Waals surface area contributed by atoms with E-state index in [2.05, 4.69) is 54.8 Å². The number of carbonyl (C=O) groups is 2. The molecule has 1 aliphatic rings. The first kappa shape index (κ1) is 20.1. The van der Waals surface area contributed by atoms with E-state index >= 15 is 0 Å². The second kappa shape index (κ2) is 9.54. The van der Waals surface area contributed by atoms with Crippen molar-refractivity contribution in [3.63, 3.8) is 0 Å². The zero-order valence-corrected chi connectivity index (χ0v) is 16.8. The molecule has 2 aromatic carbocycles. The first-order valence-corrected chi connectivity index (χ1v) is 10.2. The minimum Gasteiger partial charge on any atom is -0.356 e. The molecule has 28 heavy (non-hydrogen) atoms. The molecule has 0 spiro atoms. The number of hydrogen-bond acceptors (Lipinski definition) is 2. The maximum atomic E-state index is 12.3. The number of benzene rings is 2. The third kappa shape index (κ3) is 5.69. The molecular weight excluding hydrogens is 348 g/mol. The van der Waals surface area contributed by atoms with E-state index in [9.17, 15) is 9.59 Å². The van der Waals surface area contributed by atoms with Crippen LogP contribution in [-0.2, 0) is 28.9 Å². The normalized spacial score (nSPS) is 13.9. The molecule has 0 unspecified atom stereocenters. The van der Waals surface area contributed by atoms with Gasteiger partial charge in [0.1, 0.15) is 0 Å². The number of hydrogen-bond donors (Lipinski definition) is 2. The summed E-state index contributed by atoms with van der Waals surface area (Å²) >= 11 is 0. The van der Waals surface area contributed by atoms with Gasteiger partial charge in [-0.05, 0) is 53.9 Å². The zero-order chi connectivity index (χ0) is 19.9. The fourth-order valence-corrected chi connectivity index (χ4v) is 3.68. The summed E-state index contributed by atoms with van der Waals surface area (Å²) in [5.41, 5.74) is 4.49. The minimum absolute atomic E-state index is 0.0572. The SMILES string of the molecule is CC(C)[C@@H](CNC(=O)CCCc1ccc2c(c1)CC(=O)N2)Cc1ccccc1. The minimum atomic E-state index is 0.0572. The van der Waals surface area contributed by atoms with E-state index in [4.69, 9.17) is 0 Å². The van der Waals surface area contributed by atoms with E-state index in [1.165, 1.54) is 11.1 Å². The molecule has 3 rings (SSSR count). The standard InChI is InChI=1S/C24H30N2O2/c1-17(2)21(14-18-7-4-3-5-8-18)16-25-23(27)10-6-9-19-11-12-22-20(13-19)15-24(28)26-22/h3-5,7-8,11-13,17,21H,6,9-10,14-16H2,1-2H3,(H,25,27)(H,26,28)/t21-/m1/s1. The summed E-state index contributed by atoms with van der Waals surface area (Å²) in [5.74, 6) is 1.13. The fourth-order valence-electron chi connectivity index (χ4n) is 3.68. The molecule has 4 nitrogen and oxygen atoms in total. The Morgan fingerprint density at radius 1 is 1.11 bits per heavy atom. The Balaban J connectivity index is 1.41. The molecule has 1 heterocycles. The third-order valence-electron chi connectivity index (χ3n) is 5.51. The number of nitrogens with one attached hydrogen (secondary N) is 2. The number of carbonyl (C=O) groups excluding carboxylic acids is 2. The fraction of sp³-hybridized carbons (Fsp3) is 0.417. The molecule has 2 N–H and O–H groups in total. The first-order valence-electron chi connectivity index (χ1n) is 10.2. The van der Waals surface area contributed by atoms with Gasteiger partial charge in [-0.3, -0.25) is 9.59 Å². The summed E-state index contributed by atoms with van der Waals surface area (Å²) in [7, 11) is 0. The van der Waals surface area contributed by atoms with Gasteiger partial charge in [-0.2, -0.15) is 0 Å². The Hall–Kier alpha value is -2.62. The van der Waals surface area contributed by atoms with E-state index in [0.29, 0.717) is 24.7 Å². The topological polar surface area (TPSA) is 58.2 Å². The third-order valence-corrected chi connectivity index (χ3v) is 5.51. The van der Waals surface area contributed by atoms with Crippen molar-refractivity contribution >= 4 is 17.5 Å². The molecule has 2 amide bonds. The highest BCUT2D eigenvalue weighted by molar-refractivity contribution is 5.99. The molecule has 0 saturated heterocycles. The summed E-state index contributed by atoms with van der Waals surface area (Å²) in [6.45, 7) is 5.15. The van der Waals surface area contributed by atoms with Gasteiger partial charge < -0.3 is 10.6 Å². The molecule has 148 valence electrons. The van der Waals surface area contributed by atoms with Crippen LogP contribution < -0.4 is 10.6 Å². The average Bonchev–Trinajstić information content (AvgIpc) is 3.05. The zero-order valence-electron chi connectivity index (χ0n) is 16.8. The lowest BCUT2D eigenvalue weighted by Crippen LogP contribution is -2.32. The van der Waals surface area contributed by atoms with Crippen molar-refractivity contribution in [3.8, 4) is 0 Å². The van der Waals surface area contributed by atoms with Crippen LogP contribution in [0.5, 0.6) is 0 Å². The Morgan fingerprint density at radius 3 is 2.64 bits per heavy atom. The number of rotatable bonds is 9. The van der Waals surface area contributed by atoms with E-state index in [0.717, 1.165) is 37.1 Å². The Labute approximate surface area is 167 Å². The highest BCUT2D eigenvalue weighted by Crippen LogP contribution is 2.24. The van der Waals surface area contributed by atoms with Crippen molar-refractivity contribution in [2.45, 2.75) is 46.0 Å². The molecule has 0 fully saturated rings. The number of amides is 2. The van der Waals surface area contributed by atoms with Crippen LogP contribution in [0.1, 0.15) is 43.4 Å². The highest BCUT2D eigenvalue weighted by atomic mass is 16.2. The molecule has 0 radical (unpaired) electrons. The smallest absolute Gasteiger partial charge is 0.228 e. The average molecular weight is 379 g/mol. The monoisotopic (exact) mass is 378 g/mol. The van der Waals surface area contributed by atoms with E-state index in [1.807, 2.05) is 18.2 Å². The van der Waals surface area contributed by atoms with Crippen LogP contribution in [-0.4, -0.2) is 18.4 Å². The van der Waals surface area contributed by atoms with Gasteiger partial charge in [0, 0.05) is 18.7 Å². The van der Waals surface area contributed by atoms with Crippen LogP contribution in [0.2, 0.25) is 0 Å². The van der Waals surface area contributed by atoms with Crippen molar-refractivity contribution in [3.05, 3.63) is 65.2 Å². The summed E-state index contributed by atoms with van der Waals surface area (Å²) in [6, 6.07) is 16.6. The molecule has 1 atom stereocenters. The highest BCUT2D eigenvalue weighted by Gasteiger charge is 2.18. The predicted octanol–water partition coefficient (Wildman–Crippen LogP) is 4.14. The second-order valence-electron chi connectivity index (χ2n) is 8.07. The molecular formula is C24H30N2O2. The lowest BCUT2D eigenvalue weighted by molar-refractivity contribution is -0.121. The lowest BCUT2D eigenvalue weighted by Gasteiger charge is -2.21. The first-order chi connectivity index (χ1) is 13.5. The molecule has 0 bridgehead atoms. The van der Waals surface area contributed by atoms with E-state index in [-0.39, 0.29) is 11.8 Å². The van der Waals surface area contributed by atoms with Gasteiger partial charge in [0.15, 0.2) is 0 Å². The molecule has 1 aliphatic heterocycles. The molecule has 0 aliphatic carbocycles. The summed E-state index contributed by atoms with van der Waals surface area (Å²) < 4.78 is 0. The predicted molar refractivity (Wildman–Crippen MR) is 113 cm³/mol. The quantitative estimate of drug-likeness (QED) is 0.689. The van der Waals surface area contributed by atoms with Crippen LogP contribution in [0.3, 0.4) is 0 Å². The maximum Gasteiger partial charge on any atom is 0.228 e. The van der Waals surface area contributed by atoms with Gasteiger partial charge in [-0.15, -0.1) is 0 Å². The largest absolute Gasteiger partial charge is 0.356 e. The van der Waals surface area contributed by atoms with Gasteiger partial charge in [0.05, 0.1) is 6.42 Å². The summed E-state index contributed by atoms with van der Waals surface area (Å²) in [4.78, 5) is 23.7. The number of anilines is 1. The van der Waals surface area contributed by atoms with E-state index in [1.54, 1.807) is 0 Å². The van der Waals surface area contributed by atoms with Crippen molar-refractivity contribution in [1.82, 2.24) is 5.32 Å². The van der Waals surface area contributed by atoms with Crippen LogP contribution in [0.25, 0.3) is 0 Å². The van der Waals surface area contributed by atoms with Gasteiger partial charge in [0.2, 0.25) is 11.8 Å². The van der Waals surface area contributed by atoms with Crippen LogP contribution in [0.15, 0.2) is 48.5 Å². The lowest BCUT2D eigenvalue weighted by atomic mass is 9.89. The Kier molecular flexibility index (Phi) is 6.85. The molecule has 0 aromatic heterocycles. The molecule has 0 saturated carbocycles. The Morgan fingerprint density at radius 2 is 1.89 bits per heavy atom. The van der Waals surface area contributed by atoms with Gasteiger partial charge in [-0.1, -0.05) is 56.3 Å². The van der Waals surface area contributed by atoms with Gasteiger partial charge >= 0.3 is 0 Å². The van der Waals surface area contributed by atoms with Crippen molar-refractivity contribution in [2.75, 3.05) is 11.9 Å². The van der Waals surface area contributed by atoms with Crippen molar-refractivity contribution < 1.29 is 9.59 Å². The van der Waals surface area contributed by atoms with Crippen LogP contribution in [0, 0.1) is 11.8 Å². The summed E-state index contributed by atoms with van der Waals surface area (Å²) in [5, 5.41) is 5.97. The number of fused-ring (bicyclic) bond motifs is 1. The number of aryl methyl sites for hydroxylation is 1. The summed E-state index contributed by atoms with van der Waals surface area (Å²) in [6.07, 6.45) is 3.65. The Bertz CT molecular complexity index is 815. The van der Waals surface area contributed by atoms with Crippen LogP contribution >= 0.6 is 0 Å².